The van der Waals surface area contributed by atoms with Crippen LogP contribution in [-0.4, -0.2) is 22.2 Å². The van der Waals surface area contributed by atoms with E-state index in [0.717, 1.165) is 39.1 Å². The van der Waals surface area contributed by atoms with Gasteiger partial charge in [-0.3, -0.25) is 4.90 Å². The monoisotopic (exact) mass is 1110 g/mol. The molecule has 0 spiro atoms. The molecule has 7 aromatic carbocycles. The zero-order valence-electron chi connectivity index (χ0n) is 45.0. The third-order valence-corrected chi connectivity index (χ3v) is 12.9. The van der Waals surface area contributed by atoms with Gasteiger partial charge in [-0.05, 0) is 103 Å². The van der Waals surface area contributed by atoms with Gasteiger partial charge in [0.1, 0.15) is 5.82 Å². The van der Waals surface area contributed by atoms with Crippen molar-refractivity contribution in [2.45, 2.75) is 85.0 Å². The van der Waals surface area contributed by atoms with Gasteiger partial charge in [-0.1, -0.05) is 171 Å². The standard InChI is InChI=1S/C62H58N4O3.Pt/c1-60(2,3)43-31-33-63-58(38-43)66-54-26-14-13-23-52(54)53-30-29-48(40-57(53)66)68-47-22-17-21-46(39-47)65-56-28-16-15-27-55(56)64(69-59(65)67)34-32-51-49(41-19-11-10-12-20-41)24-18-25-50(51)42-35-44(61(4,5)6)37-45(36-42)62(7,8)9;/h10-31,33,35-38H,32,34H2,1-9H3;/q-2;+2/i13D,14D,23D,26D;. The fourth-order valence-electron chi connectivity index (χ4n) is 9.08. The molecule has 1 aliphatic rings. The van der Waals surface area contributed by atoms with Crippen LogP contribution in [0.3, 0.4) is 0 Å². The van der Waals surface area contributed by atoms with Crippen LogP contribution in [-0.2, 0) is 48.6 Å². The SMILES string of the molecule is [2H]c1c([2H])c([2H])c2c(c1[2H])c1ccc(Oc3[c-]c(N4C(=O)ON(CCc5c(-c6ccccc6)cccc5-c5cc(C(C)(C)C)cc(C(C)(C)C)c5)c5ccccc54)ccc3)[c-]c1n2-c1cc(C(C)(C)C)ccn1.[Pt+2]. The maximum Gasteiger partial charge on any atom is 2.00 e. The van der Waals surface area contributed by atoms with Crippen LogP contribution < -0.4 is 14.7 Å². The van der Waals surface area contributed by atoms with Crippen molar-refractivity contribution in [3.05, 3.63) is 198 Å². The van der Waals surface area contributed by atoms with E-state index in [2.05, 4.69) is 135 Å². The van der Waals surface area contributed by atoms with E-state index in [4.69, 9.17) is 20.0 Å². The summed E-state index contributed by atoms with van der Waals surface area (Å²) in [6.45, 7) is 20.2. The van der Waals surface area contributed by atoms with Crippen molar-refractivity contribution in [2.75, 3.05) is 16.5 Å². The van der Waals surface area contributed by atoms with Crippen LogP contribution in [0, 0.1) is 12.1 Å². The number of rotatable bonds is 9. The minimum atomic E-state index is -0.598. The molecule has 0 aliphatic carbocycles. The molecule has 2 aromatic heterocycles. The zero-order valence-corrected chi connectivity index (χ0v) is 43.3. The van der Waals surface area contributed by atoms with Crippen LogP contribution in [0.5, 0.6) is 11.5 Å². The van der Waals surface area contributed by atoms with Crippen LogP contribution >= 0.6 is 0 Å². The minimum Gasteiger partial charge on any atom is -0.509 e. The second-order valence-corrected chi connectivity index (χ2v) is 20.8. The molecule has 0 saturated carbocycles. The van der Waals surface area contributed by atoms with Crippen LogP contribution in [0.4, 0.5) is 21.9 Å². The Hall–Kier alpha value is -6.95. The summed E-state index contributed by atoms with van der Waals surface area (Å²) in [6.07, 6.45) is 1.68. The second-order valence-electron chi connectivity index (χ2n) is 20.8. The van der Waals surface area contributed by atoms with E-state index in [0.29, 0.717) is 63.5 Å². The molecule has 8 heteroatoms. The summed E-state index contributed by atoms with van der Waals surface area (Å²) < 4.78 is 43.2. The van der Waals surface area contributed by atoms with Gasteiger partial charge in [0.15, 0.2) is 0 Å². The van der Waals surface area contributed by atoms with E-state index in [-0.39, 0.29) is 61.5 Å². The largest absolute Gasteiger partial charge is 2.00 e. The third-order valence-electron chi connectivity index (χ3n) is 12.9. The number of pyridine rings is 1. The normalized spacial score (nSPS) is 13.8. The van der Waals surface area contributed by atoms with Gasteiger partial charge in [-0.2, -0.15) is 12.1 Å². The summed E-state index contributed by atoms with van der Waals surface area (Å²) in [5.74, 6) is 1.09. The molecule has 0 fully saturated rings. The van der Waals surface area contributed by atoms with E-state index in [9.17, 15) is 4.79 Å². The van der Waals surface area contributed by atoms with Gasteiger partial charge in [-0.25, -0.2) is 14.8 Å². The molecular weight excluding hydrogens is 1040 g/mol. The number of ether oxygens (including phenoxy) is 1. The van der Waals surface area contributed by atoms with E-state index < -0.39 is 6.09 Å². The van der Waals surface area contributed by atoms with Crippen LogP contribution in [0.15, 0.2) is 164 Å². The van der Waals surface area contributed by atoms with Crippen molar-refractivity contribution >= 4 is 45.0 Å². The topological polar surface area (TPSA) is 59.8 Å². The first-order valence-electron chi connectivity index (χ1n) is 25.5. The summed E-state index contributed by atoms with van der Waals surface area (Å²) >= 11 is 0. The number of para-hydroxylation sites is 3. The predicted molar refractivity (Wildman–Crippen MR) is 282 cm³/mol. The molecule has 0 radical (unpaired) electrons. The Morgan fingerprint density at radius 1 is 0.629 bits per heavy atom. The van der Waals surface area contributed by atoms with Crippen molar-refractivity contribution < 1.29 is 40.9 Å². The number of hydrogen-bond acceptors (Lipinski definition) is 5. The summed E-state index contributed by atoms with van der Waals surface area (Å²) in [7, 11) is 0. The van der Waals surface area contributed by atoms with E-state index in [1.165, 1.54) is 16.0 Å². The molecule has 0 N–H and O–H groups in total. The molecule has 0 atom stereocenters. The van der Waals surface area contributed by atoms with Crippen molar-refractivity contribution in [2.24, 2.45) is 0 Å². The van der Waals surface area contributed by atoms with Crippen LogP contribution in [0.1, 0.15) is 90.1 Å². The summed E-state index contributed by atoms with van der Waals surface area (Å²) in [5.41, 5.74) is 11.4. The first kappa shape index (κ1) is 43.1. The molecular formula is C62H58N4O3Pt. The Bertz CT molecular complexity index is 3600. The zero-order chi connectivity index (χ0) is 51.7. The van der Waals surface area contributed by atoms with Gasteiger partial charge in [0, 0.05) is 23.2 Å². The maximum atomic E-state index is 14.4. The minimum absolute atomic E-state index is 0. The molecule has 3 heterocycles. The fourth-order valence-corrected chi connectivity index (χ4v) is 9.08. The average Bonchev–Trinajstić information content (AvgIpc) is 3.70. The predicted octanol–water partition coefficient (Wildman–Crippen LogP) is 16.0. The molecule has 1 amide bonds. The van der Waals surface area contributed by atoms with Crippen molar-refractivity contribution in [3.8, 4) is 39.6 Å². The van der Waals surface area contributed by atoms with E-state index in [1.807, 2.05) is 42.5 Å². The third kappa shape index (κ3) is 9.40. The molecule has 7 nitrogen and oxygen atoms in total. The summed E-state index contributed by atoms with van der Waals surface area (Å²) in [6, 6.07) is 50.0. The Morgan fingerprint density at radius 3 is 1.99 bits per heavy atom. The molecule has 0 unspecified atom stereocenters. The quantitative estimate of drug-likeness (QED) is 0.135. The number of carbonyl (C=O) groups excluding carboxylic acids is 1. The molecule has 10 rings (SSSR count). The molecule has 0 saturated heterocycles. The number of aromatic nitrogens is 2. The first-order chi connectivity index (χ1) is 34.7. The van der Waals surface area contributed by atoms with Crippen molar-refractivity contribution in [1.29, 1.82) is 0 Å². The van der Waals surface area contributed by atoms with E-state index >= 15 is 0 Å². The Labute approximate surface area is 432 Å². The van der Waals surface area contributed by atoms with Gasteiger partial charge in [0.25, 0.3) is 0 Å². The fraction of sp³-hybridized carbons (Fsp3) is 0.226. The molecule has 9 aromatic rings. The number of carbonyl (C=O) groups is 1. The molecule has 1 aliphatic heterocycles. The van der Waals surface area contributed by atoms with E-state index in [1.54, 1.807) is 46.2 Å². The van der Waals surface area contributed by atoms with Gasteiger partial charge >= 0.3 is 27.2 Å². The Kier molecular flexibility index (Phi) is 11.5. The van der Waals surface area contributed by atoms with Gasteiger partial charge in [0.05, 0.1) is 23.4 Å². The number of nitrogens with zero attached hydrogens (tertiary/aromatic N) is 4. The summed E-state index contributed by atoms with van der Waals surface area (Å²) in [5, 5.41) is 2.62. The van der Waals surface area contributed by atoms with Crippen LogP contribution in [0.2, 0.25) is 0 Å². The number of hydroxylamine groups is 1. The number of anilines is 3. The maximum absolute atomic E-state index is 14.4. The molecule has 0 bridgehead atoms. The number of amides is 1. The second kappa shape index (κ2) is 18.8. The summed E-state index contributed by atoms with van der Waals surface area (Å²) in [4.78, 5) is 26.9. The molecule has 70 heavy (non-hydrogen) atoms. The Morgan fingerprint density at radius 2 is 1.27 bits per heavy atom. The average molecular weight is 1110 g/mol. The van der Waals surface area contributed by atoms with Gasteiger partial charge < -0.3 is 14.1 Å². The number of benzene rings is 7. The van der Waals surface area contributed by atoms with Gasteiger partial charge in [0.2, 0.25) is 0 Å². The number of hydrogen-bond donors (Lipinski definition) is 0. The molecule has 354 valence electrons. The smallest absolute Gasteiger partial charge is 0.509 e. The van der Waals surface area contributed by atoms with Crippen LogP contribution in [0.25, 0.3) is 49.9 Å². The van der Waals surface area contributed by atoms with Gasteiger partial charge in [-0.15, -0.1) is 35.7 Å². The van der Waals surface area contributed by atoms with Crippen molar-refractivity contribution in [1.82, 2.24) is 9.55 Å². The van der Waals surface area contributed by atoms with Crippen molar-refractivity contribution in [3.63, 3.8) is 0 Å². The first-order valence-corrected chi connectivity index (χ1v) is 23.5. The number of fused-ring (bicyclic) bond motifs is 4. The Balaban J connectivity index is 0.00000672.